The summed E-state index contributed by atoms with van der Waals surface area (Å²) < 4.78 is 5.70. The number of para-hydroxylation sites is 2. The molecular formula is C16H17NO4. The maximum atomic E-state index is 11.2. The minimum absolute atomic E-state index is 0.0571. The summed E-state index contributed by atoms with van der Waals surface area (Å²) in [5.41, 5.74) is 1.10. The summed E-state index contributed by atoms with van der Waals surface area (Å²) in [5.74, 6) is 0.608. The topological polar surface area (TPSA) is 72.6 Å². The third-order valence-corrected chi connectivity index (χ3v) is 3.27. The van der Waals surface area contributed by atoms with Crippen molar-refractivity contribution in [3.05, 3.63) is 63.7 Å². The number of rotatable bonds is 5. The van der Waals surface area contributed by atoms with Gasteiger partial charge in [-0.25, -0.2) is 0 Å². The van der Waals surface area contributed by atoms with Crippen LogP contribution in [0, 0.1) is 17.0 Å². The van der Waals surface area contributed by atoms with Gasteiger partial charge in [-0.2, -0.15) is 0 Å². The molecule has 2 rings (SSSR count). The van der Waals surface area contributed by atoms with Crippen molar-refractivity contribution in [1.29, 1.82) is 0 Å². The normalized spacial score (nSPS) is 12.0. The minimum atomic E-state index is -0.662. The monoisotopic (exact) mass is 287 g/mol. The van der Waals surface area contributed by atoms with E-state index in [2.05, 4.69) is 0 Å². The molecule has 0 aliphatic carbocycles. The largest absolute Gasteiger partial charge is 0.450 e. The van der Waals surface area contributed by atoms with Crippen molar-refractivity contribution >= 4 is 5.69 Å². The first-order valence-corrected chi connectivity index (χ1v) is 6.73. The molecule has 2 aromatic rings. The molecule has 1 N–H and O–H groups in total. The maximum absolute atomic E-state index is 11.2. The summed E-state index contributed by atoms with van der Waals surface area (Å²) in [6.07, 6.45) is -0.124. The number of nitro benzene ring substituents is 1. The van der Waals surface area contributed by atoms with Crippen molar-refractivity contribution < 1.29 is 14.8 Å². The van der Waals surface area contributed by atoms with Crippen LogP contribution in [0.4, 0.5) is 5.69 Å². The first kappa shape index (κ1) is 15.0. The standard InChI is InChI=1S/C16H17NO4/c1-3-13(18)12-8-4-5-9-14(12)21-15-10-6-7-11(2)16(15)17(19)20/h4-10,13,18H,3H2,1-2H3. The number of hydrogen-bond acceptors (Lipinski definition) is 4. The molecule has 0 amide bonds. The molecule has 0 aliphatic rings. The van der Waals surface area contributed by atoms with Gasteiger partial charge in [-0.05, 0) is 25.5 Å². The Bertz CT molecular complexity index is 654. The Balaban J connectivity index is 2.44. The van der Waals surface area contributed by atoms with Crippen LogP contribution in [0.25, 0.3) is 0 Å². The summed E-state index contributed by atoms with van der Waals surface area (Å²) in [6, 6.07) is 11.9. The van der Waals surface area contributed by atoms with E-state index in [4.69, 9.17) is 4.74 Å². The predicted molar refractivity (Wildman–Crippen MR) is 79.6 cm³/mol. The quantitative estimate of drug-likeness (QED) is 0.662. The average Bonchev–Trinajstić information content (AvgIpc) is 2.46. The molecule has 0 aromatic heterocycles. The molecule has 0 aliphatic heterocycles. The summed E-state index contributed by atoms with van der Waals surface area (Å²) in [5, 5.41) is 21.2. The maximum Gasteiger partial charge on any atom is 0.314 e. The van der Waals surface area contributed by atoms with Gasteiger partial charge in [-0.1, -0.05) is 37.3 Å². The summed E-state index contributed by atoms with van der Waals surface area (Å²) in [7, 11) is 0. The van der Waals surface area contributed by atoms with E-state index in [0.717, 1.165) is 0 Å². The van der Waals surface area contributed by atoms with E-state index in [1.165, 1.54) is 0 Å². The van der Waals surface area contributed by atoms with Crippen molar-refractivity contribution in [3.63, 3.8) is 0 Å². The van der Waals surface area contributed by atoms with Crippen molar-refractivity contribution in [2.75, 3.05) is 0 Å². The Morgan fingerprint density at radius 1 is 1.19 bits per heavy atom. The first-order chi connectivity index (χ1) is 10.0. The molecule has 0 fully saturated rings. The van der Waals surface area contributed by atoms with Gasteiger partial charge in [0.2, 0.25) is 5.75 Å². The second-order valence-corrected chi connectivity index (χ2v) is 4.74. The minimum Gasteiger partial charge on any atom is -0.450 e. The molecular weight excluding hydrogens is 270 g/mol. The molecule has 1 atom stereocenters. The molecule has 1 unspecified atom stereocenters. The summed E-state index contributed by atoms with van der Waals surface area (Å²) in [6.45, 7) is 3.52. The Morgan fingerprint density at radius 3 is 2.52 bits per heavy atom. The molecule has 0 spiro atoms. The summed E-state index contributed by atoms with van der Waals surface area (Å²) in [4.78, 5) is 10.7. The van der Waals surface area contributed by atoms with E-state index < -0.39 is 11.0 Å². The number of aliphatic hydroxyl groups is 1. The van der Waals surface area contributed by atoms with Gasteiger partial charge in [0.05, 0.1) is 11.0 Å². The number of nitrogens with zero attached hydrogens (tertiary/aromatic N) is 1. The molecule has 0 heterocycles. The van der Waals surface area contributed by atoms with Gasteiger partial charge in [-0.15, -0.1) is 0 Å². The zero-order chi connectivity index (χ0) is 15.4. The second-order valence-electron chi connectivity index (χ2n) is 4.74. The lowest BCUT2D eigenvalue weighted by molar-refractivity contribution is -0.386. The van der Waals surface area contributed by atoms with Gasteiger partial charge < -0.3 is 9.84 Å². The van der Waals surface area contributed by atoms with Crippen LogP contribution in [0.15, 0.2) is 42.5 Å². The molecule has 0 saturated carbocycles. The number of aliphatic hydroxyl groups excluding tert-OH is 1. The second kappa shape index (κ2) is 6.37. The highest BCUT2D eigenvalue weighted by molar-refractivity contribution is 5.54. The number of hydrogen-bond donors (Lipinski definition) is 1. The summed E-state index contributed by atoms with van der Waals surface area (Å²) >= 11 is 0. The number of aryl methyl sites for hydroxylation is 1. The van der Waals surface area contributed by atoms with Gasteiger partial charge in [0.15, 0.2) is 0 Å². The van der Waals surface area contributed by atoms with Crippen molar-refractivity contribution in [1.82, 2.24) is 0 Å². The fourth-order valence-electron chi connectivity index (χ4n) is 2.14. The molecule has 0 radical (unpaired) electrons. The van der Waals surface area contributed by atoms with Crippen LogP contribution in [-0.2, 0) is 0 Å². The van der Waals surface area contributed by atoms with Crippen LogP contribution in [-0.4, -0.2) is 10.0 Å². The van der Waals surface area contributed by atoms with Gasteiger partial charge in [0.25, 0.3) is 0 Å². The lowest BCUT2D eigenvalue weighted by Crippen LogP contribution is -2.00. The lowest BCUT2D eigenvalue weighted by atomic mass is 10.1. The predicted octanol–water partition coefficient (Wildman–Crippen LogP) is 4.14. The Labute approximate surface area is 123 Å². The molecule has 21 heavy (non-hydrogen) atoms. The Morgan fingerprint density at radius 2 is 1.86 bits per heavy atom. The van der Waals surface area contributed by atoms with Crippen LogP contribution in [0.3, 0.4) is 0 Å². The van der Waals surface area contributed by atoms with E-state index in [-0.39, 0.29) is 11.4 Å². The highest BCUT2D eigenvalue weighted by Crippen LogP contribution is 2.36. The van der Waals surface area contributed by atoms with E-state index in [1.807, 2.05) is 6.92 Å². The third-order valence-electron chi connectivity index (χ3n) is 3.27. The molecule has 0 saturated heterocycles. The van der Waals surface area contributed by atoms with E-state index in [1.54, 1.807) is 49.4 Å². The SMILES string of the molecule is CCC(O)c1ccccc1Oc1cccc(C)c1[N+](=O)[O-]. The van der Waals surface area contributed by atoms with Crippen molar-refractivity contribution in [2.45, 2.75) is 26.4 Å². The van der Waals surface area contributed by atoms with Crippen LogP contribution < -0.4 is 4.74 Å². The van der Waals surface area contributed by atoms with Crippen LogP contribution in [0.2, 0.25) is 0 Å². The lowest BCUT2D eigenvalue weighted by Gasteiger charge is -2.15. The van der Waals surface area contributed by atoms with E-state index in [0.29, 0.717) is 23.3 Å². The van der Waals surface area contributed by atoms with Gasteiger partial charge in [0, 0.05) is 11.1 Å². The number of ether oxygens (including phenoxy) is 1. The molecule has 5 nitrogen and oxygen atoms in total. The Hall–Kier alpha value is -2.40. The molecule has 5 heteroatoms. The van der Waals surface area contributed by atoms with Crippen LogP contribution in [0.5, 0.6) is 11.5 Å². The molecule has 2 aromatic carbocycles. The van der Waals surface area contributed by atoms with Gasteiger partial charge in [-0.3, -0.25) is 10.1 Å². The molecule has 110 valence electrons. The smallest absolute Gasteiger partial charge is 0.314 e. The third kappa shape index (κ3) is 3.20. The highest BCUT2D eigenvalue weighted by atomic mass is 16.6. The highest BCUT2D eigenvalue weighted by Gasteiger charge is 2.20. The Kier molecular flexibility index (Phi) is 4.55. The van der Waals surface area contributed by atoms with E-state index in [9.17, 15) is 15.2 Å². The fourth-order valence-corrected chi connectivity index (χ4v) is 2.14. The van der Waals surface area contributed by atoms with Crippen molar-refractivity contribution in [3.8, 4) is 11.5 Å². The van der Waals surface area contributed by atoms with E-state index >= 15 is 0 Å². The zero-order valence-corrected chi connectivity index (χ0v) is 11.9. The fraction of sp³-hybridized carbons (Fsp3) is 0.250. The van der Waals surface area contributed by atoms with Gasteiger partial charge >= 0.3 is 5.69 Å². The average molecular weight is 287 g/mol. The van der Waals surface area contributed by atoms with Crippen LogP contribution in [0.1, 0.15) is 30.6 Å². The molecule has 0 bridgehead atoms. The van der Waals surface area contributed by atoms with Gasteiger partial charge in [0.1, 0.15) is 5.75 Å². The van der Waals surface area contributed by atoms with Crippen LogP contribution >= 0.6 is 0 Å². The van der Waals surface area contributed by atoms with Crippen molar-refractivity contribution in [2.24, 2.45) is 0 Å². The number of benzene rings is 2. The zero-order valence-electron chi connectivity index (χ0n) is 11.9. The first-order valence-electron chi connectivity index (χ1n) is 6.73. The number of nitro groups is 1.